The van der Waals surface area contributed by atoms with Crippen molar-refractivity contribution in [2.45, 2.75) is 33.6 Å². The van der Waals surface area contributed by atoms with Gasteiger partial charge in [0.2, 0.25) is 5.13 Å². The molecule has 0 saturated heterocycles. The quantitative estimate of drug-likeness (QED) is 0.734. The first-order chi connectivity index (χ1) is 8.46. The number of hydrogen-bond acceptors (Lipinski definition) is 5. The lowest BCUT2D eigenvalue weighted by Crippen LogP contribution is -2.37. The summed E-state index contributed by atoms with van der Waals surface area (Å²) in [5.74, 6) is 0. The van der Waals surface area contributed by atoms with E-state index in [1.807, 2.05) is 20.8 Å². The highest BCUT2D eigenvalue weighted by atomic mass is 32.1. The standard InChI is InChI=1S/C11H20N4O2S/c1-4-8-14-15-10(18-8)13-9(17)12-7-11(2,3)5-6-16/h16H,4-7H2,1-3H3,(H2,12,13,15,17). The molecule has 0 aliphatic heterocycles. The SMILES string of the molecule is CCc1nnc(NC(=O)NCC(C)(C)CCO)s1. The summed E-state index contributed by atoms with van der Waals surface area (Å²) in [6, 6.07) is -0.292. The number of aliphatic hydroxyl groups is 1. The second-order valence-electron chi connectivity index (χ2n) is 4.80. The first-order valence-electron chi connectivity index (χ1n) is 5.95. The van der Waals surface area contributed by atoms with Crippen molar-refractivity contribution in [1.82, 2.24) is 15.5 Å². The Kier molecular flexibility index (Phi) is 5.49. The Morgan fingerprint density at radius 2 is 2.17 bits per heavy atom. The molecule has 3 N–H and O–H groups in total. The molecule has 0 aliphatic carbocycles. The number of carbonyl (C=O) groups is 1. The Labute approximate surface area is 111 Å². The van der Waals surface area contributed by atoms with Crippen LogP contribution in [0.3, 0.4) is 0 Å². The summed E-state index contributed by atoms with van der Waals surface area (Å²) in [6.07, 6.45) is 1.45. The van der Waals surface area contributed by atoms with Gasteiger partial charge < -0.3 is 10.4 Å². The van der Waals surface area contributed by atoms with Crippen molar-refractivity contribution in [2.24, 2.45) is 5.41 Å². The van der Waals surface area contributed by atoms with Gasteiger partial charge in [0.25, 0.3) is 0 Å². The zero-order valence-electron chi connectivity index (χ0n) is 11.0. The number of aliphatic hydroxyl groups excluding tert-OH is 1. The molecule has 2 amide bonds. The zero-order chi connectivity index (χ0) is 13.6. The van der Waals surface area contributed by atoms with E-state index in [0.717, 1.165) is 11.4 Å². The molecule has 1 aromatic rings. The molecule has 1 rings (SSSR count). The van der Waals surface area contributed by atoms with Crippen molar-refractivity contribution in [3.05, 3.63) is 5.01 Å². The molecular weight excluding hydrogens is 252 g/mol. The van der Waals surface area contributed by atoms with E-state index in [1.54, 1.807) is 0 Å². The number of rotatable bonds is 6. The molecule has 0 atom stereocenters. The minimum absolute atomic E-state index is 0.118. The van der Waals surface area contributed by atoms with Gasteiger partial charge in [-0.25, -0.2) is 4.79 Å². The minimum atomic E-state index is -0.292. The number of aryl methyl sites for hydroxylation is 1. The van der Waals surface area contributed by atoms with E-state index in [-0.39, 0.29) is 18.1 Å². The van der Waals surface area contributed by atoms with Crippen LogP contribution < -0.4 is 10.6 Å². The van der Waals surface area contributed by atoms with Crippen molar-refractivity contribution >= 4 is 22.5 Å². The summed E-state index contributed by atoms with van der Waals surface area (Å²) in [7, 11) is 0. The highest BCUT2D eigenvalue weighted by molar-refractivity contribution is 7.15. The summed E-state index contributed by atoms with van der Waals surface area (Å²) < 4.78 is 0. The van der Waals surface area contributed by atoms with E-state index in [4.69, 9.17) is 5.11 Å². The van der Waals surface area contributed by atoms with Crippen LogP contribution in [-0.4, -0.2) is 34.5 Å². The lowest BCUT2D eigenvalue weighted by atomic mass is 9.90. The van der Waals surface area contributed by atoms with Crippen LogP contribution in [0.1, 0.15) is 32.2 Å². The number of aromatic nitrogens is 2. The molecule has 0 aliphatic rings. The van der Waals surface area contributed by atoms with Crippen molar-refractivity contribution in [3.63, 3.8) is 0 Å². The number of hydrogen-bond donors (Lipinski definition) is 3. The molecule has 1 heterocycles. The number of urea groups is 1. The normalized spacial score (nSPS) is 11.3. The zero-order valence-corrected chi connectivity index (χ0v) is 11.8. The average molecular weight is 272 g/mol. The molecule has 0 radical (unpaired) electrons. The number of amides is 2. The van der Waals surface area contributed by atoms with Crippen LogP contribution in [-0.2, 0) is 6.42 Å². The van der Waals surface area contributed by atoms with E-state index in [2.05, 4.69) is 20.8 Å². The number of nitrogens with zero attached hydrogens (tertiary/aromatic N) is 2. The third-order valence-corrected chi connectivity index (χ3v) is 3.49. The molecule has 7 heteroatoms. The maximum atomic E-state index is 11.6. The van der Waals surface area contributed by atoms with Gasteiger partial charge in [-0.15, -0.1) is 10.2 Å². The van der Waals surface area contributed by atoms with Gasteiger partial charge >= 0.3 is 6.03 Å². The van der Waals surface area contributed by atoms with Crippen LogP contribution >= 0.6 is 11.3 Å². The predicted molar refractivity (Wildman–Crippen MR) is 71.8 cm³/mol. The second kappa shape index (κ2) is 6.65. The van der Waals surface area contributed by atoms with Gasteiger partial charge in [-0.2, -0.15) is 0 Å². The Balaban J connectivity index is 2.37. The largest absolute Gasteiger partial charge is 0.396 e. The average Bonchev–Trinajstić information content (AvgIpc) is 2.74. The molecule has 0 unspecified atom stereocenters. The number of nitrogens with one attached hydrogen (secondary N) is 2. The molecule has 0 spiro atoms. The number of anilines is 1. The predicted octanol–water partition coefficient (Wildman–Crippen LogP) is 1.63. The Morgan fingerprint density at radius 1 is 1.44 bits per heavy atom. The molecular formula is C11H20N4O2S. The van der Waals surface area contributed by atoms with Crippen molar-refractivity contribution in [3.8, 4) is 0 Å². The monoisotopic (exact) mass is 272 g/mol. The number of carbonyl (C=O) groups excluding carboxylic acids is 1. The molecule has 0 aromatic carbocycles. The van der Waals surface area contributed by atoms with E-state index >= 15 is 0 Å². The maximum absolute atomic E-state index is 11.6. The third kappa shape index (κ3) is 4.97. The van der Waals surface area contributed by atoms with Gasteiger partial charge in [-0.05, 0) is 18.3 Å². The highest BCUT2D eigenvalue weighted by Crippen LogP contribution is 2.18. The van der Waals surface area contributed by atoms with Crippen LogP contribution in [0.2, 0.25) is 0 Å². The molecule has 0 fully saturated rings. The first-order valence-corrected chi connectivity index (χ1v) is 6.76. The molecule has 102 valence electrons. The summed E-state index contributed by atoms with van der Waals surface area (Å²) >= 11 is 1.37. The molecule has 0 bridgehead atoms. The lowest BCUT2D eigenvalue weighted by Gasteiger charge is -2.23. The van der Waals surface area contributed by atoms with E-state index in [0.29, 0.717) is 18.1 Å². The van der Waals surface area contributed by atoms with Crippen LogP contribution in [0.5, 0.6) is 0 Å². The topological polar surface area (TPSA) is 87.1 Å². The maximum Gasteiger partial charge on any atom is 0.321 e. The Bertz CT molecular complexity index is 392. The fourth-order valence-electron chi connectivity index (χ4n) is 1.30. The van der Waals surface area contributed by atoms with Gasteiger partial charge in [0.15, 0.2) is 0 Å². The second-order valence-corrected chi connectivity index (χ2v) is 5.86. The lowest BCUT2D eigenvalue weighted by molar-refractivity contribution is 0.204. The van der Waals surface area contributed by atoms with Crippen molar-refractivity contribution in [2.75, 3.05) is 18.5 Å². The molecule has 18 heavy (non-hydrogen) atoms. The highest BCUT2D eigenvalue weighted by Gasteiger charge is 2.18. The molecule has 1 aromatic heterocycles. The van der Waals surface area contributed by atoms with Crippen LogP contribution in [0.25, 0.3) is 0 Å². The first kappa shape index (κ1) is 14.8. The smallest absolute Gasteiger partial charge is 0.321 e. The summed E-state index contributed by atoms with van der Waals surface area (Å²) in [4.78, 5) is 11.6. The third-order valence-electron chi connectivity index (χ3n) is 2.51. The van der Waals surface area contributed by atoms with Gasteiger partial charge in [0, 0.05) is 13.2 Å². The molecule has 6 nitrogen and oxygen atoms in total. The van der Waals surface area contributed by atoms with Gasteiger partial charge in [-0.1, -0.05) is 32.1 Å². The minimum Gasteiger partial charge on any atom is -0.396 e. The van der Waals surface area contributed by atoms with Gasteiger partial charge in [-0.3, -0.25) is 5.32 Å². The summed E-state index contributed by atoms with van der Waals surface area (Å²) in [6.45, 7) is 6.58. The van der Waals surface area contributed by atoms with E-state index in [9.17, 15) is 4.79 Å². The Morgan fingerprint density at radius 3 is 2.72 bits per heavy atom. The van der Waals surface area contributed by atoms with Gasteiger partial charge in [0.1, 0.15) is 5.01 Å². The summed E-state index contributed by atoms with van der Waals surface area (Å²) in [5.41, 5.74) is -0.123. The fourth-order valence-corrected chi connectivity index (χ4v) is 1.97. The summed E-state index contributed by atoms with van der Waals surface area (Å²) in [5, 5.41) is 23.5. The Hall–Kier alpha value is -1.21. The van der Waals surface area contributed by atoms with Crippen molar-refractivity contribution < 1.29 is 9.90 Å². The van der Waals surface area contributed by atoms with Crippen LogP contribution in [0.15, 0.2) is 0 Å². The van der Waals surface area contributed by atoms with Crippen LogP contribution in [0.4, 0.5) is 9.93 Å². The fraction of sp³-hybridized carbons (Fsp3) is 0.727. The van der Waals surface area contributed by atoms with E-state index in [1.165, 1.54) is 11.3 Å². The van der Waals surface area contributed by atoms with Crippen LogP contribution in [0, 0.1) is 5.41 Å². The van der Waals surface area contributed by atoms with Gasteiger partial charge in [0.05, 0.1) is 0 Å². The molecule has 0 saturated carbocycles. The van der Waals surface area contributed by atoms with Crippen molar-refractivity contribution in [1.29, 1.82) is 0 Å². The van der Waals surface area contributed by atoms with E-state index < -0.39 is 0 Å².